The predicted octanol–water partition coefficient (Wildman–Crippen LogP) is 4.15. The van der Waals surface area contributed by atoms with Gasteiger partial charge in [-0.1, -0.05) is 55.4 Å². The first-order chi connectivity index (χ1) is 13.6. The molecule has 2 aromatic carbocycles. The Morgan fingerprint density at radius 2 is 1.89 bits per heavy atom. The normalized spacial score (nSPS) is 11.2. The predicted molar refractivity (Wildman–Crippen MR) is 111 cm³/mol. The van der Waals surface area contributed by atoms with Crippen molar-refractivity contribution in [1.29, 1.82) is 5.41 Å². The van der Waals surface area contributed by atoms with E-state index in [4.69, 9.17) is 15.7 Å². The summed E-state index contributed by atoms with van der Waals surface area (Å²) in [6.07, 6.45) is 1.58. The average Bonchev–Trinajstić information content (AvgIpc) is 3.29. The molecule has 0 saturated heterocycles. The molecule has 0 amide bonds. The monoisotopic (exact) mass is 373 g/mol. The Morgan fingerprint density at radius 1 is 1.11 bits per heavy atom. The number of hydrogen-bond donors (Lipinski definition) is 2. The second kappa shape index (κ2) is 7.31. The van der Waals surface area contributed by atoms with Crippen molar-refractivity contribution in [2.45, 2.75) is 33.2 Å². The van der Waals surface area contributed by atoms with Gasteiger partial charge in [0.05, 0.1) is 16.7 Å². The number of aromatic nitrogens is 3. The third-order valence-electron chi connectivity index (χ3n) is 4.95. The molecule has 0 aliphatic carbocycles. The molecular formula is C22H23N5O. The topological polar surface area (TPSA) is 93.7 Å². The summed E-state index contributed by atoms with van der Waals surface area (Å²) in [6.45, 7) is 4.74. The molecule has 2 aromatic heterocycles. The third kappa shape index (κ3) is 3.07. The average molecular weight is 373 g/mol. The van der Waals surface area contributed by atoms with E-state index in [1.807, 2.05) is 34.9 Å². The summed E-state index contributed by atoms with van der Waals surface area (Å²) >= 11 is 0. The summed E-state index contributed by atoms with van der Waals surface area (Å²) in [5, 5.41) is 12.2. The molecule has 0 aliphatic heterocycles. The number of benzene rings is 2. The number of hydrogen-bond acceptors (Lipinski definition) is 4. The van der Waals surface area contributed by atoms with Crippen LogP contribution in [0.4, 0.5) is 0 Å². The summed E-state index contributed by atoms with van der Waals surface area (Å²) in [4.78, 5) is 4.59. The van der Waals surface area contributed by atoms with Gasteiger partial charge in [-0.25, -0.2) is 4.98 Å². The summed E-state index contributed by atoms with van der Waals surface area (Å²) in [6, 6.07) is 16.2. The van der Waals surface area contributed by atoms with Crippen LogP contribution < -0.4 is 5.73 Å². The third-order valence-corrected chi connectivity index (χ3v) is 4.95. The first kappa shape index (κ1) is 18.0. The van der Waals surface area contributed by atoms with Gasteiger partial charge in [-0.3, -0.25) is 5.41 Å². The maximum Gasteiger partial charge on any atom is 0.176 e. The molecule has 0 bridgehead atoms. The molecule has 0 unspecified atom stereocenters. The smallest absolute Gasteiger partial charge is 0.176 e. The molecule has 0 spiro atoms. The lowest BCUT2D eigenvalue weighted by Crippen LogP contribution is -2.18. The van der Waals surface area contributed by atoms with Crippen LogP contribution in [0.2, 0.25) is 0 Å². The van der Waals surface area contributed by atoms with Crippen molar-refractivity contribution in [2.75, 3.05) is 0 Å². The van der Waals surface area contributed by atoms with E-state index in [2.05, 4.69) is 42.2 Å². The van der Waals surface area contributed by atoms with Gasteiger partial charge < -0.3 is 14.8 Å². The largest absolute Gasteiger partial charge is 0.381 e. The minimum absolute atomic E-state index is 0.0397. The van der Waals surface area contributed by atoms with Gasteiger partial charge in [0.2, 0.25) is 0 Å². The van der Waals surface area contributed by atoms with Crippen LogP contribution in [0.3, 0.4) is 0 Å². The highest BCUT2D eigenvalue weighted by molar-refractivity contribution is 5.96. The highest BCUT2D eigenvalue weighted by Gasteiger charge is 2.19. The molecule has 6 nitrogen and oxygen atoms in total. The molecule has 0 aliphatic rings. The number of aryl methyl sites for hydroxylation is 2. The van der Waals surface area contributed by atoms with Crippen molar-refractivity contribution in [3.63, 3.8) is 0 Å². The number of rotatable bonds is 6. The summed E-state index contributed by atoms with van der Waals surface area (Å²) in [5.74, 6) is 1.33. The van der Waals surface area contributed by atoms with Gasteiger partial charge in [0, 0.05) is 18.5 Å². The van der Waals surface area contributed by atoms with E-state index in [1.165, 1.54) is 0 Å². The number of imidazole rings is 1. The zero-order valence-corrected chi connectivity index (χ0v) is 16.1. The first-order valence-corrected chi connectivity index (χ1v) is 9.48. The lowest BCUT2D eigenvalue weighted by atomic mass is 10.0. The molecule has 142 valence electrons. The van der Waals surface area contributed by atoms with Crippen molar-refractivity contribution in [3.05, 3.63) is 71.4 Å². The molecule has 4 aromatic rings. The van der Waals surface area contributed by atoms with Gasteiger partial charge in [-0.05, 0) is 29.7 Å². The van der Waals surface area contributed by atoms with E-state index >= 15 is 0 Å². The molecule has 6 heteroatoms. The molecule has 0 atom stereocenters. The van der Waals surface area contributed by atoms with Crippen molar-refractivity contribution in [3.8, 4) is 11.1 Å². The lowest BCUT2D eigenvalue weighted by molar-refractivity contribution is 0.381. The minimum Gasteiger partial charge on any atom is -0.381 e. The van der Waals surface area contributed by atoms with Crippen LogP contribution >= 0.6 is 0 Å². The van der Waals surface area contributed by atoms with E-state index in [0.29, 0.717) is 12.4 Å². The van der Waals surface area contributed by atoms with Crippen LogP contribution in [-0.2, 0) is 19.4 Å². The molecule has 3 N–H and O–H groups in total. The number of nitrogen functional groups attached to an aromatic ring is 1. The highest BCUT2D eigenvalue weighted by atomic mass is 16.5. The Kier molecular flexibility index (Phi) is 4.69. The molecule has 0 radical (unpaired) electrons. The van der Waals surface area contributed by atoms with Crippen molar-refractivity contribution < 1.29 is 4.52 Å². The number of nitrogens with zero attached hydrogens (tertiary/aromatic N) is 3. The SMILES string of the molecule is CCc1noc(CC)c1-c1ccc2nc(C(=N)N)n(Cc3ccccc3)c2c1. The molecule has 4 rings (SSSR count). The zero-order valence-electron chi connectivity index (χ0n) is 16.1. The molecule has 0 saturated carbocycles. The van der Waals surface area contributed by atoms with Crippen molar-refractivity contribution >= 4 is 16.9 Å². The van der Waals surface area contributed by atoms with E-state index in [9.17, 15) is 0 Å². The molecule has 28 heavy (non-hydrogen) atoms. The Labute approximate surface area is 163 Å². The van der Waals surface area contributed by atoms with Gasteiger partial charge in [-0.15, -0.1) is 0 Å². The van der Waals surface area contributed by atoms with Gasteiger partial charge in [0.15, 0.2) is 11.7 Å². The second-order valence-electron chi connectivity index (χ2n) is 6.76. The molecule has 2 heterocycles. The van der Waals surface area contributed by atoms with Gasteiger partial charge in [0.25, 0.3) is 0 Å². The maximum absolute atomic E-state index is 7.96. The van der Waals surface area contributed by atoms with Gasteiger partial charge in [-0.2, -0.15) is 0 Å². The van der Waals surface area contributed by atoms with Gasteiger partial charge >= 0.3 is 0 Å². The van der Waals surface area contributed by atoms with Crippen molar-refractivity contribution in [2.24, 2.45) is 5.73 Å². The number of fused-ring (bicyclic) bond motifs is 1. The summed E-state index contributed by atoms with van der Waals surface area (Å²) < 4.78 is 7.55. The number of nitrogens with one attached hydrogen (secondary N) is 1. The standard InChI is InChI=1S/C22H23N5O/c1-3-16-20(19(4-2)28-26-16)15-10-11-17-18(12-15)27(22(25-17)21(23)24)13-14-8-6-5-7-9-14/h5-12H,3-4,13H2,1-2H3,(H3,23,24). The Balaban J connectivity index is 1.90. The first-order valence-electron chi connectivity index (χ1n) is 9.48. The van der Waals surface area contributed by atoms with E-state index in [-0.39, 0.29) is 5.84 Å². The fraction of sp³-hybridized carbons (Fsp3) is 0.227. The highest BCUT2D eigenvalue weighted by Crippen LogP contribution is 2.31. The van der Waals surface area contributed by atoms with E-state index < -0.39 is 0 Å². The summed E-state index contributed by atoms with van der Waals surface area (Å²) in [5.41, 5.74) is 11.8. The van der Waals surface area contributed by atoms with Crippen molar-refractivity contribution in [1.82, 2.24) is 14.7 Å². The van der Waals surface area contributed by atoms with Crippen LogP contribution in [0.25, 0.3) is 22.2 Å². The fourth-order valence-corrected chi connectivity index (χ4v) is 3.58. The number of amidine groups is 1. The summed E-state index contributed by atoms with van der Waals surface area (Å²) in [7, 11) is 0. The van der Waals surface area contributed by atoms with Gasteiger partial charge in [0.1, 0.15) is 5.76 Å². The Bertz CT molecular complexity index is 1120. The zero-order chi connectivity index (χ0) is 19.7. The van der Waals surface area contributed by atoms with Crippen LogP contribution in [0.5, 0.6) is 0 Å². The van der Waals surface area contributed by atoms with E-state index in [0.717, 1.165) is 52.0 Å². The minimum atomic E-state index is -0.0397. The lowest BCUT2D eigenvalue weighted by Gasteiger charge is -2.09. The Hall–Kier alpha value is -3.41. The van der Waals surface area contributed by atoms with Crippen LogP contribution in [0.1, 0.15) is 36.7 Å². The van der Waals surface area contributed by atoms with Crippen LogP contribution in [-0.4, -0.2) is 20.5 Å². The van der Waals surface area contributed by atoms with Crippen LogP contribution in [0.15, 0.2) is 53.1 Å². The second-order valence-corrected chi connectivity index (χ2v) is 6.76. The van der Waals surface area contributed by atoms with Crippen LogP contribution in [0, 0.1) is 5.41 Å². The Morgan fingerprint density at radius 3 is 2.57 bits per heavy atom. The number of nitrogens with two attached hydrogens (primary N) is 1. The molecule has 0 fully saturated rings. The quantitative estimate of drug-likeness (QED) is 0.392. The van der Waals surface area contributed by atoms with E-state index in [1.54, 1.807) is 0 Å². The molecular weight excluding hydrogens is 350 g/mol. The maximum atomic E-state index is 7.96. The fourth-order valence-electron chi connectivity index (χ4n) is 3.58.